The van der Waals surface area contributed by atoms with E-state index < -0.39 is 20.8 Å². The van der Waals surface area contributed by atoms with Crippen LogP contribution in [0.2, 0.25) is 0 Å². The van der Waals surface area contributed by atoms with Gasteiger partial charge in [0.1, 0.15) is 5.38 Å². The van der Waals surface area contributed by atoms with Crippen molar-refractivity contribution in [1.29, 1.82) is 0 Å². The van der Waals surface area contributed by atoms with Crippen molar-refractivity contribution in [3.05, 3.63) is 35.2 Å². The van der Waals surface area contributed by atoms with Gasteiger partial charge < -0.3 is 4.55 Å². The molecule has 1 unspecified atom stereocenters. The van der Waals surface area contributed by atoms with Crippen LogP contribution in [0.3, 0.4) is 0 Å². The molecule has 0 aliphatic heterocycles. The van der Waals surface area contributed by atoms with E-state index >= 15 is 0 Å². The SMILES string of the molecule is CS(=O)(=O)NCc1c[s+]([O-])c2ccccc12. The average molecular weight is 257 g/mol. The molecule has 16 heavy (non-hydrogen) atoms. The van der Waals surface area contributed by atoms with Gasteiger partial charge in [-0.2, -0.15) is 0 Å². The number of nitrogens with one attached hydrogen (secondary N) is 1. The Hall–Kier alpha value is -0.950. The number of thiophene rings is 1. The maximum absolute atomic E-state index is 11.7. The van der Waals surface area contributed by atoms with Crippen LogP contribution in [0.1, 0.15) is 5.56 Å². The molecule has 0 aliphatic carbocycles. The summed E-state index contributed by atoms with van der Waals surface area (Å²) >= 11 is 0. The van der Waals surface area contributed by atoms with Crippen molar-refractivity contribution in [1.82, 2.24) is 4.72 Å². The summed E-state index contributed by atoms with van der Waals surface area (Å²) in [5.41, 5.74) is 0.763. The summed E-state index contributed by atoms with van der Waals surface area (Å²) in [5.74, 6) is 0. The van der Waals surface area contributed by atoms with Crippen LogP contribution in [0.25, 0.3) is 10.1 Å². The van der Waals surface area contributed by atoms with Crippen LogP contribution >= 0.6 is 10.8 Å². The molecule has 0 amide bonds. The van der Waals surface area contributed by atoms with E-state index in [4.69, 9.17) is 0 Å². The zero-order valence-corrected chi connectivity index (χ0v) is 10.3. The average Bonchev–Trinajstić information content (AvgIpc) is 2.53. The van der Waals surface area contributed by atoms with Gasteiger partial charge in [0.05, 0.1) is 6.26 Å². The second kappa shape index (κ2) is 4.14. The van der Waals surface area contributed by atoms with E-state index in [1.165, 1.54) is 0 Å². The van der Waals surface area contributed by atoms with Gasteiger partial charge in [0.15, 0.2) is 4.70 Å². The van der Waals surface area contributed by atoms with Gasteiger partial charge >= 0.3 is 0 Å². The maximum atomic E-state index is 11.7. The number of fused-ring (bicyclic) bond motifs is 1. The molecule has 1 heterocycles. The largest absolute Gasteiger partial charge is 0.590 e. The summed E-state index contributed by atoms with van der Waals surface area (Å²) in [6, 6.07) is 7.29. The fourth-order valence-electron chi connectivity index (χ4n) is 1.51. The zero-order valence-electron chi connectivity index (χ0n) is 8.64. The maximum Gasteiger partial charge on any atom is 0.209 e. The van der Waals surface area contributed by atoms with E-state index in [2.05, 4.69) is 4.72 Å². The quantitative estimate of drug-likeness (QED) is 0.849. The highest BCUT2D eigenvalue weighted by Crippen LogP contribution is 2.32. The van der Waals surface area contributed by atoms with Crippen molar-refractivity contribution in [2.24, 2.45) is 0 Å². The molecule has 6 heteroatoms. The third-order valence-electron chi connectivity index (χ3n) is 2.22. The van der Waals surface area contributed by atoms with Crippen molar-refractivity contribution in [3.63, 3.8) is 0 Å². The molecule has 1 aromatic carbocycles. The smallest absolute Gasteiger partial charge is 0.209 e. The monoisotopic (exact) mass is 257 g/mol. The van der Waals surface area contributed by atoms with E-state index in [1.54, 1.807) is 11.4 Å². The lowest BCUT2D eigenvalue weighted by Gasteiger charge is -1.98. The van der Waals surface area contributed by atoms with Gasteiger partial charge in [0, 0.05) is 17.5 Å². The van der Waals surface area contributed by atoms with Crippen LogP contribution in [-0.2, 0) is 16.6 Å². The number of sulfonamides is 1. The van der Waals surface area contributed by atoms with Crippen LogP contribution in [0.15, 0.2) is 29.6 Å². The minimum atomic E-state index is -3.22. The third kappa shape index (κ3) is 2.41. The predicted molar refractivity (Wildman–Crippen MR) is 64.3 cm³/mol. The number of rotatable bonds is 3. The second-order valence-corrected chi connectivity index (χ2v) is 6.63. The molecule has 0 spiro atoms. The first-order valence-electron chi connectivity index (χ1n) is 4.63. The molecular formula is C10H11NO3S2. The minimum absolute atomic E-state index is 0.182. The first kappa shape index (κ1) is 11.5. The summed E-state index contributed by atoms with van der Waals surface area (Å²) < 4.78 is 36.7. The standard InChI is InChI=1S/C10H11NO3S2/c1-16(13,14)11-6-8-7-15(12)10-5-3-2-4-9(8)10/h2-5,7,11H,6H2,1H3. The van der Waals surface area contributed by atoms with E-state index in [9.17, 15) is 13.0 Å². The van der Waals surface area contributed by atoms with Gasteiger partial charge in [-0.3, -0.25) is 0 Å². The fraction of sp³-hybridized carbons (Fsp3) is 0.200. The highest BCUT2D eigenvalue weighted by Gasteiger charge is 2.13. The van der Waals surface area contributed by atoms with Crippen LogP contribution in [0, 0.1) is 0 Å². The molecule has 1 N–H and O–H groups in total. The Balaban J connectivity index is 2.38. The first-order valence-corrected chi connectivity index (χ1v) is 7.73. The van der Waals surface area contributed by atoms with E-state index in [-0.39, 0.29) is 6.54 Å². The minimum Gasteiger partial charge on any atom is -0.590 e. The Morgan fingerprint density at radius 2 is 2.06 bits per heavy atom. The number of benzene rings is 1. The molecular weight excluding hydrogens is 246 g/mol. The van der Waals surface area contributed by atoms with Gasteiger partial charge in [0.25, 0.3) is 0 Å². The van der Waals surface area contributed by atoms with Crippen LogP contribution in [-0.4, -0.2) is 19.2 Å². The Morgan fingerprint density at radius 3 is 2.75 bits per heavy atom. The van der Waals surface area contributed by atoms with E-state index in [0.717, 1.165) is 21.9 Å². The third-order valence-corrected chi connectivity index (χ3v) is 4.18. The van der Waals surface area contributed by atoms with Gasteiger partial charge in [0.2, 0.25) is 10.0 Å². The summed E-state index contributed by atoms with van der Waals surface area (Å²) in [6.07, 6.45) is 1.10. The molecule has 2 aromatic rings. The molecule has 1 atom stereocenters. The van der Waals surface area contributed by atoms with Crippen LogP contribution in [0.5, 0.6) is 0 Å². The molecule has 0 fully saturated rings. The summed E-state index contributed by atoms with van der Waals surface area (Å²) in [4.78, 5) is 0. The highest BCUT2D eigenvalue weighted by molar-refractivity contribution is 7.88. The molecule has 0 saturated heterocycles. The first-order chi connectivity index (χ1) is 7.47. The summed E-state index contributed by atoms with van der Waals surface area (Å²) in [7, 11) is -4.37. The van der Waals surface area contributed by atoms with Gasteiger partial charge in [-0.1, -0.05) is 12.1 Å². The lowest BCUT2D eigenvalue weighted by atomic mass is 10.2. The lowest BCUT2D eigenvalue weighted by molar-refractivity contribution is 0.587. The van der Waals surface area contributed by atoms with Crippen molar-refractivity contribution in [2.45, 2.75) is 6.54 Å². The van der Waals surface area contributed by atoms with Gasteiger partial charge in [-0.05, 0) is 22.9 Å². The van der Waals surface area contributed by atoms with Gasteiger partial charge in [-0.15, -0.1) is 0 Å². The van der Waals surface area contributed by atoms with Crippen molar-refractivity contribution in [3.8, 4) is 0 Å². The number of hydrogen-bond donors (Lipinski definition) is 1. The molecule has 0 bridgehead atoms. The van der Waals surface area contributed by atoms with Crippen molar-refractivity contribution >= 4 is 30.9 Å². The van der Waals surface area contributed by atoms with Crippen LogP contribution < -0.4 is 4.72 Å². The summed E-state index contributed by atoms with van der Waals surface area (Å²) in [5, 5.41) is 2.44. The summed E-state index contributed by atoms with van der Waals surface area (Å²) in [6.45, 7) is 0.182. The second-order valence-electron chi connectivity index (χ2n) is 3.53. The predicted octanol–water partition coefficient (Wildman–Crippen LogP) is 1.62. The molecule has 86 valence electrons. The Kier molecular flexibility index (Phi) is 2.98. The molecule has 0 saturated carbocycles. The molecule has 4 nitrogen and oxygen atoms in total. The molecule has 2 rings (SSSR count). The highest BCUT2D eigenvalue weighted by atomic mass is 32.2. The lowest BCUT2D eigenvalue weighted by Crippen LogP contribution is -2.20. The number of hydrogen-bond acceptors (Lipinski definition) is 3. The van der Waals surface area contributed by atoms with E-state index in [1.807, 2.05) is 18.2 Å². The van der Waals surface area contributed by atoms with Crippen LogP contribution in [0.4, 0.5) is 0 Å². The fourth-order valence-corrected chi connectivity index (χ4v) is 3.15. The van der Waals surface area contributed by atoms with E-state index in [0.29, 0.717) is 0 Å². The molecule has 1 aromatic heterocycles. The zero-order chi connectivity index (χ0) is 11.8. The molecule has 0 radical (unpaired) electrons. The van der Waals surface area contributed by atoms with Crippen molar-refractivity contribution in [2.75, 3.05) is 6.26 Å². The van der Waals surface area contributed by atoms with Gasteiger partial charge in [-0.25, -0.2) is 13.1 Å². The Morgan fingerprint density at radius 1 is 1.38 bits per heavy atom. The van der Waals surface area contributed by atoms with Crippen molar-refractivity contribution < 1.29 is 13.0 Å². The Bertz CT molecular complexity index is 616. The Labute approximate surface area is 96.8 Å². The topological polar surface area (TPSA) is 69.2 Å². The molecule has 0 aliphatic rings. The normalized spacial score (nSPS) is 13.2.